The van der Waals surface area contributed by atoms with Crippen molar-refractivity contribution in [3.8, 4) is 17.2 Å². The van der Waals surface area contributed by atoms with Crippen LogP contribution in [-0.4, -0.2) is 37.6 Å². The molecule has 158 valence electrons. The van der Waals surface area contributed by atoms with Crippen molar-refractivity contribution in [1.82, 2.24) is 15.8 Å². The number of nitrogens with zero attached hydrogens (tertiary/aromatic N) is 2. The fourth-order valence-electron chi connectivity index (χ4n) is 3.11. The van der Waals surface area contributed by atoms with Gasteiger partial charge in [0.1, 0.15) is 18.9 Å². The second-order valence-corrected chi connectivity index (χ2v) is 6.72. The van der Waals surface area contributed by atoms with E-state index in [1.807, 2.05) is 31.2 Å². The van der Waals surface area contributed by atoms with E-state index in [9.17, 15) is 0 Å². The van der Waals surface area contributed by atoms with Crippen LogP contribution in [0.4, 0.5) is 0 Å². The van der Waals surface area contributed by atoms with Gasteiger partial charge >= 0.3 is 0 Å². The summed E-state index contributed by atoms with van der Waals surface area (Å²) in [7, 11) is 0. The summed E-state index contributed by atoms with van der Waals surface area (Å²) in [4.78, 5) is 4.57. The fourth-order valence-corrected chi connectivity index (χ4v) is 3.11. The summed E-state index contributed by atoms with van der Waals surface area (Å²) in [6, 6.07) is 7.56. The number of benzene rings is 1. The number of rotatable bonds is 10. The largest absolute Gasteiger partial charge is 0.492 e. The molecule has 0 amide bonds. The lowest BCUT2D eigenvalue weighted by molar-refractivity contribution is 0.173. The van der Waals surface area contributed by atoms with Crippen LogP contribution in [0, 0.1) is 0 Å². The van der Waals surface area contributed by atoms with Crippen LogP contribution < -0.4 is 24.8 Å². The Morgan fingerprint density at radius 3 is 2.76 bits per heavy atom. The van der Waals surface area contributed by atoms with Crippen LogP contribution in [-0.2, 0) is 6.54 Å². The van der Waals surface area contributed by atoms with Gasteiger partial charge in [-0.3, -0.25) is 0 Å². The minimum Gasteiger partial charge on any atom is -0.492 e. The molecule has 1 aromatic carbocycles. The first kappa shape index (κ1) is 20.8. The van der Waals surface area contributed by atoms with Crippen molar-refractivity contribution in [1.29, 1.82) is 0 Å². The van der Waals surface area contributed by atoms with Crippen LogP contribution in [0.25, 0.3) is 0 Å². The highest BCUT2D eigenvalue weighted by Crippen LogP contribution is 2.35. The summed E-state index contributed by atoms with van der Waals surface area (Å²) in [5.41, 5.74) is 1.01. The van der Waals surface area contributed by atoms with Gasteiger partial charge in [0.25, 0.3) is 0 Å². The quantitative estimate of drug-likeness (QED) is 0.357. The number of hydrogen-bond donors (Lipinski definition) is 2. The molecule has 0 aliphatic carbocycles. The number of aromatic nitrogens is 1. The zero-order valence-electron chi connectivity index (χ0n) is 17.4. The second-order valence-electron chi connectivity index (χ2n) is 6.72. The Kier molecular flexibility index (Phi) is 7.61. The van der Waals surface area contributed by atoms with Crippen molar-refractivity contribution < 1.29 is 18.7 Å². The van der Waals surface area contributed by atoms with Crippen LogP contribution >= 0.6 is 0 Å². The van der Waals surface area contributed by atoms with E-state index in [0.29, 0.717) is 37.3 Å². The van der Waals surface area contributed by atoms with Gasteiger partial charge in [0.05, 0.1) is 12.2 Å². The first-order valence-electron chi connectivity index (χ1n) is 10.2. The third-order valence-corrected chi connectivity index (χ3v) is 4.73. The van der Waals surface area contributed by atoms with Crippen molar-refractivity contribution >= 4 is 5.96 Å². The zero-order valence-corrected chi connectivity index (χ0v) is 17.4. The molecule has 0 radical (unpaired) electrons. The maximum Gasteiger partial charge on any atom is 0.231 e. The number of nitrogens with one attached hydrogen (secondary N) is 2. The zero-order chi connectivity index (χ0) is 20.5. The first-order chi connectivity index (χ1) is 14.2. The van der Waals surface area contributed by atoms with Gasteiger partial charge in [0, 0.05) is 24.6 Å². The lowest BCUT2D eigenvalue weighted by Gasteiger charge is -2.12. The average molecular weight is 402 g/mol. The Morgan fingerprint density at radius 1 is 1.14 bits per heavy atom. The molecule has 0 saturated carbocycles. The lowest BCUT2D eigenvalue weighted by atomic mass is 9.99. The van der Waals surface area contributed by atoms with Crippen molar-refractivity contribution in [2.75, 3.05) is 26.5 Å². The van der Waals surface area contributed by atoms with E-state index in [-0.39, 0.29) is 6.79 Å². The predicted molar refractivity (Wildman–Crippen MR) is 111 cm³/mol. The molecular formula is C21H30N4O4. The third-order valence-electron chi connectivity index (χ3n) is 4.73. The Balaban J connectivity index is 1.47. The van der Waals surface area contributed by atoms with Crippen molar-refractivity contribution in [3.05, 3.63) is 35.7 Å². The van der Waals surface area contributed by atoms with Gasteiger partial charge in [0.2, 0.25) is 6.79 Å². The summed E-state index contributed by atoms with van der Waals surface area (Å²) in [5, 5.41) is 10.7. The van der Waals surface area contributed by atoms with E-state index >= 15 is 0 Å². The van der Waals surface area contributed by atoms with Gasteiger partial charge in [-0.2, -0.15) is 0 Å². The maximum atomic E-state index is 5.77. The molecule has 1 aromatic heterocycles. The molecule has 2 heterocycles. The van der Waals surface area contributed by atoms with Crippen LogP contribution in [0.5, 0.6) is 17.2 Å². The smallest absolute Gasteiger partial charge is 0.231 e. The highest BCUT2D eigenvalue weighted by molar-refractivity contribution is 5.79. The summed E-state index contributed by atoms with van der Waals surface area (Å²) < 4.78 is 21.9. The Hall–Kier alpha value is -2.90. The second kappa shape index (κ2) is 10.6. The molecule has 0 bridgehead atoms. The van der Waals surface area contributed by atoms with Gasteiger partial charge in [-0.25, -0.2) is 4.99 Å². The monoisotopic (exact) mass is 402 g/mol. The maximum absolute atomic E-state index is 5.77. The standard InChI is InChI=1S/C21H30N4O4/c1-4-15(5-2)18-11-17(29-25-18)13-24-21(22-6-3)23-9-10-26-16-7-8-19-20(12-16)28-14-27-19/h7-8,11-12,15H,4-6,9-10,13-14H2,1-3H3,(H2,22,23,24). The summed E-state index contributed by atoms with van der Waals surface area (Å²) >= 11 is 0. The topological polar surface area (TPSA) is 90.1 Å². The molecule has 2 aromatic rings. The number of aliphatic imine (C=N–C) groups is 1. The molecule has 1 aliphatic heterocycles. The van der Waals surface area contributed by atoms with Gasteiger partial charge in [0.15, 0.2) is 23.2 Å². The lowest BCUT2D eigenvalue weighted by Crippen LogP contribution is -2.39. The summed E-state index contributed by atoms with van der Waals surface area (Å²) in [6.45, 7) is 8.92. The highest BCUT2D eigenvalue weighted by atomic mass is 16.7. The molecule has 3 rings (SSSR count). The van der Waals surface area contributed by atoms with Crippen molar-refractivity contribution in [2.24, 2.45) is 4.99 Å². The number of fused-ring (bicyclic) bond motifs is 1. The molecule has 0 atom stereocenters. The van der Waals surface area contributed by atoms with Crippen molar-refractivity contribution in [3.63, 3.8) is 0 Å². The molecule has 0 saturated heterocycles. The van der Waals surface area contributed by atoms with E-state index in [4.69, 9.17) is 18.7 Å². The van der Waals surface area contributed by atoms with Gasteiger partial charge in [-0.05, 0) is 31.9 Å². The Morgan fingerprint density at radius 2 is 1.97 bits per heavy atom. The van der Waals surface area contributed by atoms with E-state index in [1.54, 1.807) is 0 Å². The van der Waals surface area contributed by atoms with Gasteiger partial charge in [-0.15, -0.1) is 0 Å². The SMILES string of the molecule is CCNC(=NCc1cc(C(CC)CC)no1)NCCOc1ccc2c(c1)OCO2. The molecule has 0 fully saturated rings. The number of guanidine groups is 1. The number of hydrogen-bond acceptors (Lipinski definition) is 6. The summed E-state index contributed by atoms with van der Waals surface area (Å²) in [6.07, 6.45) is 2.11. The minimum atomic E-state index is 0.257. The Bertz CT molecular complexity index is 802. The molecule has 1 aliphatic rings. The van der Waals surface area contributed by atoms with Crippen LogP contribution in [0.1, 0.15) is 51.0 Å². The molecule has 0 spiro atoms. The highest BCUT2D eigenvalue weighted by Gasteiger charge is 2.14. The molecule has 29 heavy (non-hydrogen) atoms. The average Bonchev–Trinajstić information content (AvgIpc) is 3.39. The van der Waals surface area contributed by atoms with E-state index in [0.717, 1.165) is 42.3 Å². The first-order valence-corrected chi connectivity index (χ1v) is 10.2. The van der Waals surface area contributed by atoms with Crippen LogP contribution in [0.15, 0.2) is 33.8 Å². The van der Waals surface area contributed by atoms with E-state index in [1.165, 1.54) is 0 Å². The summed E-state index contributed by atoms with van der Waals surface area (Å²) in [5.74, 6) is 4.12. The molecule has 8 nitrogen and oxygen atoms in total. The predicted octanol–water partition coefficient (Wildman–Crippen LogP) is 3.44. The molecular weight excluding hydrogens is 372 g/mol. The normalized spacial score (nSPS) is 13.0. The van der Waals surface area contributed by atoms with Crippen LogP contribution in [0.2, 0.25) is 0 Å². The molecule has 0 unspecified atom stereocenters. The van der Waals surface area contributed by atoms with Crippen molar-refractivity contribution in [2.45, 2.75) is 46.1 Å². The molecule has 8 heteroatoms. The minimum absolute atomic E-state index is 0.257. The fraction of sp³-hybridized carbons (Fsp3) is 0.524. The van der Waals surface area contributed by atoms with E-state index < -0.39 is 0 Å². The van der Waals surface area contributed by atoms with Gasteiger partial charge in [-0.1, -0.05) is 19.0 Å². The van der Waals surface area contributed by atoms with E-state index in [2.05, 4.69) is 34.6 Å². The van der Waals surface area contributed by atoms with Crippen LogP contribution in [0.3, 0.4) is 0 Å². The third kappa shape index (κ3) is 5.79. The molecule has 2 N–H and O–H groups in total. The number of ether oxygens (including phenoxy) is 3. The van der Waals surface area contributed by atoms with Gasteiger partial charge < -0.3 is 29.4 Å². The Labute approximate surface area is 171 Å².